The van der Waals surface area contributed by atoms with Crippen molar-refractivity contribution < 1.29 is 5.11 Å². The first-order valence-corrected chi connectivity index (χ1v) is 3.08. The molecule has 1 nitrogen and oxygen atoms in total. The van der Waals surface area contributed by atoms with Crippen molar-refractivity contribution in [2.24, 2.45) is 0 Å². The topological polar surface area (TPSA) is 20.2 Å². The molecular formula is C5H8OS. The van der Waals surface area contributed by atoms with Gasteiger partial charge in [-0.3, -0.25) is 0 Å². The van der Waals surface area contributed by atoms with E-state index in [4.69, 9.17) is 5.11 Å². The molecule has 0 aliphatic rings. The number of aliphatic hydroxyl groups is 1. The minimum atomic E-state index is 0.792. The first kappa shape index (κ1) is 6.63. The highest BCUT2D eigenvalue weighted by Crippen LogP contribution is 2.09. The van der Waals surface area contributed by atoms with Gasteiger partial charge in [0.1, 0.15) is 0 Å². The van der Waals surface area contributed by atoms with Crippen LogP contribution in [0.25, 0.3) is 0 Å². The molecule has 0 amide bonds. The third-order valence-electron chi connectivity index (χ3n) is 0.564. The molecular weight excluding hydrogens is 108 g/mol. The highest BCUT2D eigenvalue weighted by atomic mass is 32.2. The Morgan fingerprint density at radius 1 is 1.86 bits per heavy atom. The van der Waals surface area contributed by atoms with Crippen LogP contribution in [0.3, 0.4) is 0 Å². The van der Waals surface area contributed by atoms with Gasteiger partial charge >= 0.3 is 0 Å². The second-order valence-corrected chi connectivity index (χ2v) is 1.82. The molecule has 0 saturated heterocycles. The van der Waals surface area contributed by atoms with Crippen molar-refractivity contribution in [3.05, 3.63) is 23.8 Å². The van der Waals surface area contributed by atoms with Gasteiger partial charge in [0.25, 0.3) is 0 Å². The van der Waals surface area contributed by atoms with Crippen molar-refractivity contribution >= 4 is 11.8 Å². The molecule has 0 heterocycles. The molecule has 0 radical (unpaired) electrons. The van der Waals surface area contributed by atoms with E-state index in [-0.39, 0.29) is 0 Å². The molecule has 0 aliphatic carbocycles. The Morgan fingerprint density at radius 2 is 2.43 bits per heavy atom. The first-order valence-electron chi connectivity index (χ1n) is 1.86. The maximum absolute atomic E-state index is 8.27. The van der Waals surface area contributed by atoms with Crippen LogP contribution in [0.2, 0.25) is 0 Å². The van der Waals surface area contributed by atoms with Crippen LogP contribution in [0, 0.1) is 0 Å². The lowest BCUT2D eigenvalue weighted by Gasteiger charge is -1.86. The number of allylic oxidation sites excluding steroid dienone is 1. The van der Waals surface area contributed by atoms with Gasteiger partial charge < -0.3 is 5.11 Å². The highest BCUT2D eigenvalue weighted by Gasteiger charge is 1.80. The molecule has 0 aliphatic heterocycles. The van der Waals surface area contributed by atoms with Crippen molar-refractivity contribution in [3.8, 4) is 0 Å². The van der Waals surface area contributed by atoms with E-state index in [1.165, 1.54) is 11.8 Å². The minimum absolute atomic E-state index is 0.792. The third kappa shape index (κ3) is 2.34. The van der Waals surface area contributed by atoms with Crippen LogP contribution in [0.1, 0.15) is 0 Å². The van der Waals surface area contributed by atoms with E-state index >= 15 is 0 Å². The van der Waals surface area contributed by atoms with Crippen molar-refractivity contribution in [1.82, 2.24) is 0 Å². The molecule has 0 aromatic rings. The van der Waals surface area contributed by atoms with Crippen molar-refractivity contribution in [1.29, 1.82) is 0 Å². The lowest BCUT2D eigenvalue weighted by Crippen LogP contribution is -1.63. The standard InChI is InChI=1S/C5H8OS/c1-3-5(4-6)7-2/h3-4,6H,1H2,2H3/b5-4-. The second-order valence-electron chi connectivity index (χ2n) is 0.940. The van der Waals surface area contributed by atoms with Crippen LogP contribution in [0.5, 0.6) is 0 Å². The third-order valence-corrected chi connectivity index (χ3v) is 1.31. The van der Waals surface area contributed by atoms with Crippen molar-refractivity contribution in [2.75, 3.05) is 6.26 Å². The molecule has 0 spiro atoms. The first-order chi connectivity index (χ1) is 3.35. The fourth-order valence-electron chi connectivity index (χ4n) is 0.189. The Labute approximate surface area is 47.7 Å². The smallest absolute Gasteiger partial charge is 0.0927 e. The summed E-state index contributed by atoms with van der Waals surface area (Å²) in [5, 5.41) is 8.27. The van der Waals surface area contributed by atoms with Crippen LogP contribution < -0.4 is 0 Å². The van der Waals surface area contributed by atoms with Gasteiger partial charge in [-0.05, 0) is 6.26 Å². The number of rotatable bonds is 2. The quantitative estimate of drug-likeness (QED) is 0.439. The SMILES string of the molecule is C=C/C(=C/O)SC. The predicted octanol–water partition coefficient (Wildman–Crippen LogP) is 1.93. The number of aliphatic hydroxyl groups excluding tert-OH is 1. The molecule has 2 heteroatoms. The molecule has 0 aromatic carbocycles. The van der Waals surface area contributed by atoms with Gasteiger partial charge in [-0.2, -0.15) is 0 Å². The molecule has 0 unspecified atom stereocenters. The van der Waals surface area contributed by atoms with E-state index in [0.717, 1.165) is 11.2 Å². The van der Waals surface area contributed by atoms with E-state index in [9.17, 15) is 0 Å². The van der Waals surface area contributed by atoms with Gasteiger partial charge in [-0.25, -0.2) is 0 Å². The maximum atomic E-state index is 8.27. The predicted molar refractivity (Wildman–Crippen MR) is 34.4 cm³/mol. The van der Waals surface area contributed by atoms with E-state index in [0.29, 0.717) is 0 Å². The summed E-state index contributed by atoms with van der Waals surface area (Å²) < 4.78 is 0. The van der Waals surface area contributed by atoms with Gasteiger partial charge in [0.15, 0.2) is 0 Å². The number of hydrogen-bond donors (Lipinski definition) is 1. The Hall–Kier alpha value is -0.370. The lowest BCUT2D eigenvalue weighted by atomic mass is 10.6. The zero-order valence-electron chi connectivity index (χ0n) is 4.22. The van der Waals surface area contributed by atoms with E-state index in [1.807, 2.05) is 6.26 Å². The van der Waals surface area contributed by atoms with Crippen LogP contribution in [-0.2, 0) is 0 Å². The summed E-state index contributed by atoms with van der Waals surface area (Å²) in [6.07, 6.45) is 4.52. The number of hydrogen-bond acceptors (Lipinski definition) is 2. The van der Waals surface area contributed by atoms with Crippen LogP contribution in [-0.4, -0.2) is 11.4 Å². The summed E-state index contributed by atoms with van der Waals surface area (Å²) in [5.74, 6) is 0. The monoisotopic (exact) mass is 116 g/mol. The number of thioether (sulfide) groups is 1. The molecule has 0 bridgehead atoms. The van der Waals surface area contributed by atoms with Crippen molar-refractivity contribution in [3.63, 3.8) is 0 Å². The molecule has 0 saturated carbocycles. The maximum Gasteiger partial charge on any atom is 0.0927 e. The normalized spacial score (nSPS) is 11.3. The fourth-order valence-corrected chi connectivity index (χ4v) is 0.461. The average Bonchev–Trinajstić information content (AvgIpc) is 1.72. The second kappa shape index (κ2) is 3.81. The minimum Gasteiger partial charge on any atom is -0.514 e. The highest BCUT2D eigenvalue weighted by molar-refractivity contribution is 8.02. The summed E-state index contributed by atoms with van der Waals surface area (Å²) in [5.41, 5.74) is 0. The zero-order chi connectivity index (χ0) is 5.70. The molecule has 40 valence electrons. The van der Waals surface area contributed by atoms with Crippen molar-refractivity contribution in [2.45, 2.75) is 0 Å². The van der Waals surface area contributed by atoms with Crippen LogP contribution in [0.15, 0.2) is 23.8 Å². The fraction of sp³-hybridized carbons (Fsp3) is 0.200. The van der Waals surface area contributed by atoms with Crippen LogP contribution >= 0.6 is 11.8 Å². The van der Waals surface area contributed by atoms with E-state index < -0.39 is 0 Å². The molecule has 0 aromatic heterocycles. The van der Waals surface area contributed by atoms with Gasteiger partial charge in [0.05, 0.1) is 6.26 Å². The Kier molecular flexibility index (Phi) is 3.61. The Morgan fingerprint density at radius 3 is 2.43 bits per heavy atom. The Bertz CT molecular complexity index is 86.1. The summed E-state index contributed by atoms with van der Waals surface area (Å²) >= 11 is 1.46. The molecule has 0 atom stereocenters. The van der Waals surface area contributed by atoms with Gasteiger partial charge in [0.2, 0.25) is 0 Å². The summed E-state index contributed by atoms with van der Waals surface area (Å²) in [6.45, 7) is 3.45. The summed E-state index contributed by atoms with van der Waals surface area (Å²) in [6, 6.07) is 0. The summed E-state index contributed by atoms with van der Waals surface area (Å²) in [4.78, 5) is 0.792. The van der Waals surface area contributed by atoms with Gasteiger partial charge in [0, 0.05) is 4.91 Å². The molecule has 0 rings (SSSR count). The van der Waals surface area contributed by atoms with Gasteiger partial charge in [-0.15, -0.1) is 11.8 Å². The zero-order valence-corrected chi connectivity index (χ0v) is 5.03. The molecule has 1 N–H and O–H groups in total. The van der Waals surface area contributed by atoms with E-state index in [1.54, 1.807) is 6.08 Å². The largest absolute Gasteiger partial charge is 0.514 e. The van der Waals surface area contributed by atoms with Gasteiger partial charge in [-0.1, -0.05) is 12.7 Å². The molecule has 0 fully saturated rings. The molecule has 7 heavy (non-hydrogen) atoms. The summed E-state index contributed by atoms with van der Waals surface area (Å²) in [7, 11) is 0. The Balaban J connectivity index is 3.60. The average molecular weight is 116 g/mol. The lowest BCUT2D eigenvalue weighted by molar-refractivity contribution is 0.472. The van der Waals surface area contributed by atoms with E-state index in [2.05, 4.69) is 6.58 Å². The van der Waals surface area contributed by atoms with Crippen LogP contribution in [0.4, 0.5) is 0 Å².